The number of benzene rings is 2. The number of hydrogen-bond acceptors (Lipinski definition) is 2. The van der Waals surface area contributed by atoms with Crippen molar-refractivity contribution >= 4 is 5.69 Å². The Balaban J connectivity index is 2.03. The van der Waals surface area contributed by atoms with Crippen molar-refractivity contribution in [3.05, 3.63) is 73.1 Å². The first-order chi connectivity index (χ1) is 9.33. The predicted octanol–water partition coefficient (Wildman–Crippen LogP) is 4.00. The lowest BCUT2D eigenvalue weighted by atomic mass is 10.00. The van der Waals surface area contributed by atoms with Crippen LogP contribution in [0.2, 0.25) is 0 Å². The SMILES string of the molecule is Nc1ccc(-c2cccc(-c3ccncc3)c2)cc1. The van der Waals surface area contributed by atoms with E-state index >= 15 is 0 Å². The molecule has 1 heterocycles. The molecule has 0 fully saturated rings. The molecule has 0 radical (unpaired) electrons. The Kier molecular flexibility index (Phi) is 2.99. The second kappa shape index (κ2) is 4.94. The lowest BCUT2D eigenvalue weighted by Gasteiger charge is -2.06. The van der Waals surface area contributed by atoms with Crippen LogP contribution >= 0.6 is 0 Å². The summed E-state index contributed by atoms with van der Waals surface area (Å²) < 4.78 is 0. The van der Waals surface area contributed by atoms with Crippen LogP contribution in [0.3, 0.4) is 0 Å². The van der Waals surface area contributed by atoms with Crippen LogP contribution in [0.4, 0.5) is 5.69 Å². The van der Waals surface area contributed by atoms with E-state index in [9.17, 15) is 0 Å². The first kappa shape index (κ1) is 11.5. The van der Waals surface area contributed by atoms with E-state index in [0.717, 1.165) is 5.69 Å². The van der Waals surface area contributed by atoms with Crippen LogP contribution < -0.4 is 5.73 Å². The summed E-state index contributed by atoms with van der Waals surface area (Å²) in [6.45, 7) is 0. The second-order valence-corrected chi connectivity index (χ2v) is 4.44. The minimum atomic E-state index is 0.786. The fourth-order valence-corrected chi connectivity index (χ4v) is 2.10. The van der Waals surface area contributed by atoms with E-state index in [1.54, 1.807) is 0 Å². The maximum atomic E-state index is 5.72. The molecule has 3 aromatic rings. The Morgan fingerprint density at radius 3 is 1.84 bits per heavy atom. The van der Waals surface area contributed by atoms with E-state index in [2.05, 4.69) is 29.2 Å². The number of nitrogen functional groups attached to an aromatic ring is 1. The Morgan fingerprint density at radius 1 is 0.632 bits per heavy atom. The third-order valence-corrected chi connectivity index (χ3v) is 3.12. The third-order valence-electron chi connectivity index (χ3n) is 3.12. The van der Waals surface area contributed by atoms with Gasteiger partial charge in [0.2, 0.25) is 0 Å². The maximum absolute atomic E-state index is 5.72. The summed E-state index contributed by atoms with van der Waals surface area (Å²) in [5.41, 5.74) is 11.2. The molecule has 2 heteroatoms. The molecule has 92 valence electrons. The fourth-order valence-electron chi connectivity index (χ4n) is 2.10. The molecule has 0 amide bonds. The summed E-state index contributed by atoms with van der Waals surface area (Å²) in [6, 6.07) is 20.4. The number of nitrogens with two attached hydrogens (primary N) is 1. The van der Waals surface area contributed by atoms with E-state index in [4.69, 9.17) is 5.73 Å². The molecular formula is C17H14N2. The monoisotopic (exact) mass is 246 g/mol. The van der Waals surface area contributed by atoms with Crippen molar-refractivity contribution in [3.63, 3.8) is 0 Å². The molecule has 0 atom stereocenters. The first-order valence-electron chi connectivity index (χ1n) is 6.19. The summed E-state index contributed by atoms with van der Waals surface area (Å²) >= 11 is 0. The zero-order valence-corrected chi connectivity index (χ0v) is 10.5. The van der Waals surface area contributed by atoms with Gasteiger partial charge in [-0.1, -0.05) is 30.3 Å². The molecule has 0 aliphatic carbocycles. The highest BCUT2D eigenvalue weighted by Crippen LogP contribution is 2.26. The molecular weight excluding hydrogens is 232 g/mol. The number of nitrogens with zero attached hydrogens (tertiary/aromatic N) is 1. The standard InChI is InChI=1S/C17H14N2/c18-17-6-4-13(5-7-17)15-2-1-3-16(12-15)14-8-10-19-11-9-14/h1-12H,18H2. The highest BCUT2D eigenvalue weighted by atomic mass is 14.6. The molecule has 0 saturated carbocycles. The van der Waals surface area contributed by atoms with E-state index in [0.29, 0.717) is 0 Å². The normalized spacial score (nSPS) is 10.3. The van der Waals surface area contributed by atoms with Gasteiger partial charge in [0.25, 0.3) is 0 Å². The molecule has 1 aromatic heterocycles. The second-order valence-electron chi connectivity index (χ2n) is 4.44. The fraction of sp³-hybridized carbons (Fsp3) is 0. The molecule has 0 aliphatic rings. The Labute approximate surface area is 112 Å². The van der Waals surface area contributed by atoms with Gasteiger partial charge in [-0.3, -0.25) is 4.98 Å². The van der Waals surface area contributed by atoms with Crippen molar-refractivity contribution in [2.75, 3.05) is 5.73 Å². The Bertz CT molecular complexity index is 673. The van der Waals surface area contributed by atoms with E-state index < -0.39 is 0 Å². The zero-order chi connectivity index (χ0) is 13.1. The number of anilines is 1. The maximum Gasteiger partial charge on any atom is 0.0314 e. The van der Waals surface area contributed by atoms with Crippen LogP contribution in [0.1, 0.15) is 0 Å². The van der Waals surface area contributed by atoms with Gasteiger partial charge in [-0.05, 0) is 52.6 Å². The smallest absolute Gasteiger partial charge is 0.0314 e. The minimum absolute atomic E-state index is 0.786. The van der Waals surface area contributed by atoms with Gasteiger partial charge in [0, 0.05) is 18.1 Å². The summed E-state index contributed by atoms with van der Waals surface area (Å²) in [7, 11) is 0. The van der Waals surface area contributed by atoms with Crippen molar-refractivity contribution in [2.24, 2.45) is 0 Å². The van der Waals surface area contributed by atoms with Crippen molar-refractivity contribution < 1.29 is 0 Å². The van der Waals surface area contributed by atoms with Crippen molar-refractivity contribution in [1.29, 1.82) is 0 Å². The number of hydrogen-bond donors (Lipinski definition) is 1. The Morgan fingerprint density at radius 2 is 1.21 bits per heavy atom. The average molecular weight is 246 g/mol. The quantitative estimate of drug-likeness (QED) is 0.694. The summed E-state index contributed by atoms with van der Waals surface area (Å²) in [6.07, 6.45) is 3.62. The summed E-state index contributed by atoms with van der Waals surface area (Å²) in [5, 5.41) is 0. The van der Waals surface area contributed by atoms with Crippen LogP contribution in [0.5, 0.6) is 0 Å². The molecule has 3 rings (SSSR count). The van der Waals surface area contributed by atoms with Crippen molar-refractivity contribution in [3.8, 4) is 22.3 Å². The molecule has 0 bridgehead atoms. The van der Waals surface area contributed by atoms with Crippen LogP contribution in [-0.4, -0.2) is 4.98 Å². The van der Waals surface area contributed by atoms with Gasteiger partial charge in [0.1, 0.15) is 0 Å². The minimum Gasteiger partial charge on any atom is -0.399 e. The largest absolute Gasteiger partial charge is 0.399 e. The van der Waals surface area contributed by atoms with Gasteiger partial charge >= 0.3 is 0 Å². The van der Waals surface area contributed by atoms with Gasteiger partial charge in [-0.25, -0.2) is 0 Å². The summed E-state index contributed by atoms with van der Waals surface area (Å²) in [4.78, 5) is 4.05. The molecule has 2 aromatic carbocycles. The van der Waals surface area contributed by atoms with E-state index in [-0.39, 0.29) is 0 Å². The number of aromatic nitrogens is 1. The van der Waals surface area contributed by atoms with Crippen molar-refractivity contribution in [2.45, 2.75) is 0 Å². The lowest BCUT2D eigenvalue weighted by molar-refractivity contribution is 1.33. The van der Waals surface area contributed by atoms with Crippen LogP contribution in [0, 0.1) is 0 Å². The molecule has 0 aliphatic heterocycles. The van der Waals surface area contributed by atoms with E-state index in [1.165, 1.54) is 22.3 Å². The first-order valence-corrected chi connectivity index (χ1v) is 6.19. The van der Waals surface area contributed by atoms with Crippen LogP contribution in [-0.2, 0) is 0 Å². The van der Waals surface area contributed by atoms with Gasteiger partial charge in [0.15, 0.2) is 0 Å². The van der Waals surface area contributed by atoms with E-state index in [1.807, 2.05) is 48.8 Å². The molecule has 0 saturated heterocycles. The topological polar surface area (TPSA) is 38.9 Å². The highest BCUT2D eigenvalue weighted by Gasteiger charge is 2.01. The van der Waals surface area contributed by atoms with Gasteiger partial charge in [-0.15, -0.1) is 0 Å². The van der Waals surface area contributed by atoms with Gasteiger partial charge in [-0.2, -0.15) is 0 Å². The zero-order valence-electron chi connectivity index (χ0n) is 10.5. The molecule has 0 unspecified atom stereocenters. The molecule has 2 nitrogen and oxygen atoms in total. The number of pyridine rings is 1. The van der Waals surface area contributed by atoms with Gasteiger partial charge < -0.3 is 5.73 Å². The molecule has 19 heavy (non-hydrogen) atoms. The lowest BCUT2D eigenvalue weighted by Crippen LogP contribution is -1.85. The average Bonchev–Trinajstić information content (AvgIpc) is 2.49. The number of rotatable bonds is 2. The molecule has 0 spiro atoms. The van der Waals surface area contributed by atoms with Crippen LogP contribution in [0.25, 0.3) is 22.3 Å². The molecule has 2 N–H and O–H groups in total. The van der Waals surface area contributed by atoms with Crippen LogP contribution in [0.15, 0.2) is 73.1 Å². The van der Waals surface area contributed by atoms with Crippen molar-refractivity contribution in [1.82, 2.24) is 4.98 Å². The third kappa shape index (κ3) is 2.47. The van der Waals surface area contributed by atoms with Gasteiger partial charge in [0.05, 0.1) is 0 Å². The highest BCUT2D eigenvalue weighted by molar-refractivity contribution is 5.73. The summed E-state index contributed by atoms with van der Waals surface area (Å²) in [5.74, 6) is 0. The Hall–Kier alpha value is -2.61. The predicted molar refractivity (Wildman–Crippen MR) is 79.5 cm³/mol.